The van der Waals surface area contributed by atoms with E-state index in [0.717, 1.165) is 22.4 Å². The van der Waals surface area contributed by atoms with Crippen molar-refractivity contribution < 1.29 is 33.9 Å². The van der Waals surface area contributed by atoms with Crippen LogP contribution in [-0.4, -0.2) is 79.8 Å². The number of anilines is 1. The molecule has 3 aromatic carbocycles. The number of imidazole rings is 1. The van der Waals surface area contributed by atoms with E-state index in [-0.39, 0.29) is 11.8 Å². The molecule has 7 rings (SSSR count). The zero-order valence-electron chi connectivity index (χ0n) is 28.2. The molecular formula is C37H41N5O7. The normalized spacial score (nSPS) is 22.6. The Morgan fingerprint density at radius 2 is 1.47 bits per heavy atom. The number of aliphatic hydroxyl groups is 2. The van der Waals surface area contributed by atoms with Gasteiger partial charge >= 0.3 is 0 Å². The summed E-state index contributed by atoms with van der Waals surface area (Å²) in [6, 6.07) is 28.1. The molecule has 2 saturated heterocycles. The van der Waals surface area contributed by atoms with E-state index in [9.17, 15) is 10.2 Å². The molecule has 0 unspecified atom stereocenters. The summed E-state index contributed by atoms with van der Waals surface area (Å²) in [7, 11) is 1.64. The largest absolute Gasteiger partial charge is 0.497 e. The van der Waals surface area contributed by atoms with E-state index < -0.39 is 48.1 Å². The first-order valence-corrected chi connectivity index (χ1v) is 16.3. The van der Waals surface area contributed by atoms with Crippen molar-refractivity contribution in [2.24, 2.45) is 0 Å². The molecule has 4 heterocycles. The quantitative estimate of drug-likeness (QED) is 0.167. The van der Waals surface area contributed by atoms with Gasteiger partial charge in [-0.05, 0) is 56.5 Å². The van der Waals surface area contributed by atoms with Crippen molar-refractivity contribution in [1.82, 2.24) is 19.5 Å². The number of ether oxygens (including phenoxy) is 5. The summed E-state index contributed by atoms with van der Waals surface area (Å²) in [5, 5.41) is 24.7. The molecule has 256 valence electrons. The number of aliphatic hydroxyl groups excluding tert-OH is 2. The fourth-order valence-electron chi connectivity index (χ4n) is 7.30. The lowest BCUT2D eigenvalue weighted by Gasteiger charge is -2.37. The average Bonchev–Trinajstić information content (AvgIpc) is 3.73. The summed E-state index contributed by atoms with van der Waals surface area (Å²) in [5.74, 6) is 0.262. The van der Waals surface area contributed by atoms with Gasteiger partial charge in [0.05, 0.1) is 33.3 Å². The Hall–Kier alpha value is -4.59. The molecule has 0 radical (unpaired) electrons. The Bertz CT molecular complexity index is 1880. The highest BCUT2D eigenvalue weighted by molar-refractivity contribution is 5.78. The summed E-state index contributed by atoms with van der Waals surface area (Å²) in [4.78, 5) is 14.6. The van der Waals surface area contributed by atoms with Gasteiger partial charge in [-0.2, -0.15) is 9.97 Å². The predicted molar refractivity (Wildman–Crippen MR) is 181 cm³/mol. The molecule has 0 saturated carbocycles. The van der Waals surface area contributed by atoms with Crippen LogP contribution in [0.3, 0.4) is 0 Å². The second-order valence-corrected chi connectivity index (χ2v) is 13.0. The van der Waals surface area contributed by atoms with Crippen LogP contribution >= 0.6 is 0 Å². The molecule has 3 N–H and O–H groups in total. The van der Waals surface area contributed by atoms with Gasteiger partial charge in [-0.15, -0.1) is 0 Å². The van der Waals surface area contributed by atoms with Crippen molar-refractivity contribution in [2.45, 2.75) is 62.6 Å². The van der Waals surface area contributed by atoms with E-state index in [4.69, 9.17) is 33.7 Å². The summed E-state index contributed by atoms with van der Waals surface area (Å²) in [6.45, 7) is 6.67. The first-order chi connectivity index (χ1) is 23.6. The van der Waals surface area contributed by atoms with Gasteiger partial charge in [-0.25, -0.2) is 4.98 Å². The molecule has 12 nitrogen and oxygen atoms in total. The van der Waals surface area contributed by atoms with Gasteiger partial charge in [0.2, 0.25) is 11.8 Å². The number of nitrogens with one attached hydrogen (secondary N) is 1. The number of nitrogens with zero attached hydrogens (tertiary/aromatic N) is 4. The summed E-state index contributed by atoms with van der Waals surface area (Å²) < 4.78 is 32.5. The van der Waals surface area contributed by atoms with Gasteiger partial charge in [0.25, 0.3) is 0 Å². The minimum absolute atomic E-state index is 0.264. The Labute approximate surface area is 284 Å². The van der Waals surface area contributed by atoms with Crippen LogP contribution in [0.4, 0.5) is 5.95 Å². The first-order valence-electron chi connectivity index (χ1n) is 16.3. The van der Waals surface area contributed by atoms with Crippen LogP contribution in [-0.2, 0) is 19.7 Å². The predicted octanol–water partition coefficient (Wildman–Crippen LogP) is 4.80. The van der Waals surface area contributed by atoms with Gasteiger partial charge in [0.15, 0.2) is 23.2 Å². The molecule has 2 aromatic heterocycles. The summed E-state index contributed by atoms with van der Waals surface area (Å²) >= 11 is 0. The van der Waals surface area contributed by atoms with E-state index in [1.165, 1.54) is 0 Å². The van der Waals surface area contributed by atoms with Crippen molar-refractivity contribution in [3.63, 3.8) is 0 Å². The topological polar surface area (TPSA) is 142 Å². The van der Waals surface area contributed by atoms with Crippen molar-refractivity contribution in [3.05, 3.63) is 108 Å². The van der Waals surface area contributed by atoms with Crippen molar-refractivity contribution in [2.75, 3.05) is 32.2 Å². The molecule has 49 heavy (non-hydrogen) atoms. The lowest BCUT2D eigenvalue weighted by Crippen LogP contribution is -2.52. The molecule has 0 aliphatic carbocycles. The zero-order chi connectivity index (χ0) is 34.4. The zero-order valence-corrected chi connectivity index (χ0v) is 28.2. The Morgan fingerprint density at radius 1 is 0.857 bits per heavy atom. The average molecular weight is 668 g/mol. The maximum absolute atomic E-state index is 10.5. The SMILES string of the molecule is CCOc1nc(NC(c2ccccc2)(c2ccccc2)c2ccc(OC)cc2)nc2c1ncn2[C@@H]1OC(CO)(CO)[C@H]2OC(C)(C)O[C@]21C. The van der Waals surface area contributed by atoms with Crippen molar-refractivity contribution in [3.8, 4) is 11.6 Å². The maximum atomic E-state index is 10.5. The molecule has 0 spiro atoms. The summed E-state index contributed by atoms with van der Waals surface area (Å²) in [5.41, 5.74) is 0.0941. The van der Waals surface area contributed by atoms with Crippen LogP contribution < -0.4 is 14.8 Å². The lowest BCUT2D eigenvalue weighted by atomic mass is 9.77. The Balaban J connectivity index is 1.43. The van der Waals surface area contributed by atoms with Crippen LogP contribution in [0, 0.1) is 0 Å². The molecule has 12 heteroatoms. The number of aromatic nitrogens is 4. The monoisotopic (exact) mass is 667 g/mol. The number of hydrogen-bond acceptors (Lipinski definition) is 11. The van der Waals surface area contributed by atoms with Crippen LogP contribution in [0.25, 0.3) is 11.2 Å². The highest BCUT2D eigenvalue weighted by Gasteiger charge is 2.70. The molecule has 2 fully saturated rings. The van der Waals surface area contributed by atoms with Crippen LogP contribution in [0.2, 0.25) is 0 Å². The third-order valence-electron chi connectivity index (χ3n) is 9.40. The highest BCUT2D eigenvalue weighted by atomic mass is 16.8. The second kappa shape index (κ2) is 12.4. The number of rotatable bonds is 11. The van der Waals surface area contributed by atoms with Crippen LogP contribution in [0.15, 0.2) is 91.3 Å². The van der Waals surface area contributed by atoms with E-state index in [1.807, 2.05) is 74.5 Å². The third-order valence-corrected chi connectivity index (χ3v) is 9.40. The molecule has 2 aliphatic rings. The van der Waals surface area contributed by atoms with Crippen LogP contribution in [0.5, 0.6) is 11.6 Å². The van der Waals surface area contributed by atoms with Gasteiger partial charge < -0.3 is 39.2 Å². The van der Waals surface area contributed by atoms with Gasteiger partial charge in [-0.3, -0.25) is 4.57 Å². The van der Waals surface area contributed by atoms with E-state index in [1.54, 1.807) is 31.9 Å². The van der Waals surface area contributed by atoms with Gasteiger partial charge in [0.1, 0.15) is 28.6 Å². The maximum Gasteiger partial charge on any atom is 0.247 e. The Morgan fingerprint density at radius 3 is 2.04 bits per heavy atom. The number of benzene rings is 3. The summed E-state index contributed by atoms with van der Waals surface area (Å²) in [6.07, 6.45) is -0.101. The first kappa shape index (κ1) is 32.9. The van der Waals surface area contributed by atoms with Crippen molar-refractivity contribution in [1.29, 1.82) is 0 Å². The van der Waals surface area contributed by atoms with Crippen LogP contribution in [0.1, 0.15) is 50.6 Å². The van der Waals surface area contributed by atoms with E-state index >= 15 is 0 Å². The van der Waals surface area contributed by atoms with E-state index in [0.29, 0.717) is 17.8 Å². The standard InChI is InChI=1S/C37H41N5O7/c1-6-46-30-28-29(42(23-38-28)32-35(4)31(47-34(2,3)49-35)36(21-43,22-44)48-32)39-33(40-30)41-37(24-13-9-7-10-14-24,25-15-11-8-12-16-25)26-17-19-27(45-5)20-18-26/h7-20,23,31-32,43-44H,6,21-22H2,1-5H3,(H,39,40,41)/t31-,32+,35+/m0/s1. The Kier molecular flexibility index (Phi) is 8.32. The van der Waals surface area contributed by atoms with E-state index in [2.05, 4.69) is 34.6 Å². The number of methoxy groups -OCH3 is 1. The molecule has 0 amide bonds. The molecule has 5 aromatic rings. The van der Waals surface area contributed by atoms with Crippen molar-refractivity contribution >= 4 is 17.1 Å². The third kappa shape index (κ3) is 5.31. The molecule has 2 aliphatic heterocycles. The molecular weight excluding hydrogens is 626 g/mol. The minimum Gasteiger partial charge on any atom is -0.497 e. The molecule has 3 atom stereocenters. The molecule has 0 bridgehead atoms. The fourth-order valence-corrected chi connectivity index (χ4v) is 7.30. The number of fused-ring (bicyclic) bond motifs is 2. The highest BCUT2D eigenvalue weighted by Crippen LogP contribution is 2.55. The smallest absolute Gasteiger partial charge is 0.247 e. The fraction of sp³-hybridized carbons (Fsp3) is 0.378. The lowest BCUT2D eigenvalue weighted by molar-refractivity contribution is -0.244. The van der Waals surface area contributed by atoms with Gasteiger partial charge in [-0.1, -0.05) is 72.8 Å². The minimum atomic E-state index is -1.44. The second-order valence-electron chi connectivity index (χ2n) is 13.0. The number of hydrogen-bond donors (Lipinski definition) is 3. The van der Waals surface area contributed by atoms with Gasteiger partial charge in [0, 0.05) is 0 Å².